The third kappa shape index (κ3) is 3.69. The summed E-state index contributed by atoms with van der Waals surface area (Å²) in [4.78, 5) is 16.8. The van der Waals surface area contributed by atoms with E-state index in [-0.39, 0.29) is 17.2 Å². The lowest BCUT2D eigenvalue weighted by atomic mass is 10.1. The quantitative estimate of drug-likeness (QED) is 0.636. The van der Waals surface area contributed by atoms with Gasteiger partial charge in [-0.1, -0.05) is 12.1 Å². The molecule has 2 aromatic carbocycles. The summed E-state index contributed by atoms with van der Waals surface area (Å²) >= 11 is 3.26. The minimum atomic E-state index is -0.269. The molecular weight excluding hydrogens is 382 g/mol. The van der Waals surface area contributed by atoms with Crippen molar-refractivity contribution in [3.63, 3.8) is 0 Å². The number of aryl methyl sites for hydroxylation is 3. The predicted molar refractivity (Wildman–Crippen MR) is 102 cm³/mol. The number of aromatic hydroxyl groups is 1. The fraction of sp³-hybridized carbons (Fsp3) is 0.263. The largest absolute Gasteiger partial charge is 0.506 e. The molecule has 0 aliphatic heterocycles. The molecule has 0 spiro atoms. The number of hydrogen-bond donors (Lipinski definition) is 2. The van der Waals surface area contributed by atoms with Gasteiger partial charge in [0.1, 0.15) is 11.6 Å². The van der Waals surface area contributed by atoms with E-state index >= 15 is 0 Å². The molecule has 0 unspecified atom stereocenters. The third-order valence-electron chi connectivity index (χ3n) is 4.14. The first-order valence-corrected chi connectivity index (χ1v) is 8.96. The van der Waals surface area contributed by atoms with Crippen LogP contribution in [0.4, 0.5) is 0 Å². The van der Waals surface area contributed by atoms with Crippen LogP contribution in [0.25, 0.3) is 11.0 Å². The Balaban J connectivity index is 1.62. The minimum Gasteiger partial charge on any atom is -0.506 e. The Bertz CT molecular complexity index is 934. The van der Waals surface area contributed by atoms with Crippen LogP contribution < -0.4 is 5.32 Å². The maximum absolute atomic E-state index is 12.3. The zero-order chi connectivity index (χ0) is 18.0. The molecule has 0 bridgehead atoms. The number of hydrogen-bond acceptors (Lipinski definition) is 3. The van der Waals surface area contributed by atoms with Gasteiger partial charge in [-0.2, -0.15) is 0 Å². The number of benzene rings is 2. The number of halogens is 1. The number of aromatic nitrogens is 2. The van der Waals surface area contributed by atoms with E-state index in [4.69, 9.17) is 0 Å². The van der Waals surface area contributed by atoms with Crippen LogP contribution in [0.5, 0.6) is 5.75 Å². The van der Waals surface area contributed by atoms with Gasteiger partial charge in [0.2, 0.25) is 0 Å². The van der Waals surface area contributed by atoms with Crippen LogP contribution in [0.1, 0.15) is 28.2 Å². The van der Waals surface area contributed by atoms with E-state index in [1.54, 1.807) is 12.1 Å². The van der Waals surface area contributed by atoms with Crippen molar-refractivity contribution in [2.45, 2.75) is 26.8 Å². The van der Waals surface area contributed by atoms with Crippen LogP contribution in [0, 0.1) is 13.8 Å². The van der Waals surface area contributed by atoms with Gasteiger partial charge in [-0.3, -0.25) is 4.79 Å². The first-order chi connectivity index (χ1) is 12.0. The molecule has 0 saturated heterocycles. The topological polar surface area (TPSA) is 67.2 Å². The third-order valence-corrected chi connectivity index (χ3v) is 4.75. The van der Waals surface area contributed by atoms with Crippen molar-refractivity contribution in [2.24, 2.45) is 0 Å². The highest BCUT2D eigenvalue weighted by Crippen LogP contribution is 2.29. The van der Waals surface area contributed by atoms with E-state index in [0.29, 0.717) is 11.0 Å². The van der Waals surface area contributed by atoms with Crippen molar-refractivity contribution in [1.82, 2.24) is 14.9 Å². The molecule has 0 fully saturated rings. The molecule has 0 aliphatic rings. The molecule has 3 rings (SSSR count). The Morgan fingerprint density at radius 2 is 2.04 bits per heavy atom. The number of para-hydroxylation sites is 2. The number of carbonyl (C=O) groups is 1. The lowest BCUT2D eigenvalue weighted by molar-refractivity contribution is 0.0950. The Hall–Kier alpha value is -2.34. The smallest absolute Gasteiger partial charge is 0.255 e. The number of nitrogens with zero attached hydrogens (tertiary/aromatic N) is 2. The summed E-state index contributed by atoms with van der Waals surface area (Å²) in [6.07, 6.45) is 0.778. The second-order valence-corrected chi connectivity index (χ2v) is 6.91. The van der Waals surface area contributed by atoms with Gasteiger partial charge in [-0.15, -0.1) is 0 Å². The summed E-state index contributed by atoms with van der Waals surface area (Å²) in [6.45, 7) is 5.17. The molecule has 1 heterocycles. The van der Waals surface area contributed by atoms with Crippen LogP contribution in [0.15, 0.2) is 40.9 Å². The highest BCUT2D eigenvalue weighted by molar-refractivity contribution is 9.10. The summed E-state index contributed by atoms with van der Waals surface area (Å²) in [5.41, 5.74) is 3.29. The van der Waals surface area contributed by atoms with Crippen LogP contribution in [-0.2, 0) is 6.54 Å². The fourth-order valence-corrected chi connectivity index (χ4v) is 3.49. The molecule has 1 aromatic heterocycles. The monoisotopic (exact) mass is 401 g/mol. The second kappa shape index (κ2) is 7.27. The Morgan fingerprint density at radius 3 is 2.84 bits per heavy atom. The molecular formula is C19H20BrN3O2. The van der Waals surface area contributed by atoms with Crippen molar-refractivity contribution in [1.29, 1.82) is 0 Å². The number of nitrogens with one attached hydrogen (secondary N) is 1. The van der Waals surface area contributed by atoms with E-state index in [9.17, 15) is 9.90 Å². The van der Waals surface area contributed by atoms with Crippen molar-refractivity contribution in [3.05, 3.63) is 57.8 Å². The van der Waals surface area contributed by atoms with Crippen LogP contribution >= 0.6 is 15.9 Å². The van der Waals surface area contributed by atoms with Crippen LogP contribution in [0.2, 0.25) is 0 Å². The van der Waals surface area contributed by atoms with Gasteiger partial charge >= 0.3 is 0 Å². The molecule has 2 N–H and O–H groups in total. The molecule has 1 amide bonds. The lowest BCUT2D eigenvalue weighted by Gasteiger charge is -2.10. The van der Waals surface area contributed by atoms with E-state index in [1.807, 2.05) is 32.0 Å². The standard InChI is InChI=1S/C19H20BrN3O2/c1-12-10-14(18(24)15(20)11-12)19(25)21-8-5-9-23-13(2)22-16-6-3-4-7-17(16)23/h3-4,6-7,10-11,24H,5,8-9H2,1-2H3,(H,21,25). The second-order valence-electron chi connectivity index (χ2n) is 6.05. The number of fused-ring (bicyclic) bond motifs is 1. The summed E-state index contributed by atoms with van der Waals surface area (Å²) in [5.74, 6) is 0.668. The van der Waals surface area contributed by atoms with E-state index in [1.165, 1.54) is 0 Å². The highest BCUT2D eigenvalue weighted by atomic mass is 79.9. The van der Waals surface area contributed by atoms with Gasteiger partial charge in [0.05, 0.1) is 21.1 Å². The predicted octanol–water partition coefficient (Wildman–Crippen LogP) is 3.94. The molecule has 0 radical (unpaired) electrons. The van der Waals surface area contributed by atoms with Crippen molar-refractivity contribution >= 4 is 32.9 Å². The van der Waals surface area contributed by atoms with Crippen molar-refractivity contribution < 1.29 is 9.90 Å². The number of imidazole rings is 1. The number of carbonyl (C=O) groups excluding carboxylic acids is 1. The molecule has 25 heavy (non-hydrogen) atoms. The van der Waals surface area contributed by atoms with Crippen molar-refractivity contribution in [3.8, 4) is 5.75 Å². The molecule has 0 aliphatic carbocycles. The summed E-state index contributed by atoms with van der Waals surface area (Å²) in [7, 11) is 0. The minimum absolute atomic E-state index is 0.0282. The van der Waals surface area contributed by atoms with Crippen LogP contribution in [0.3, 0.4) is 0 Å². The molecule has 0 saturated carbocycles. The first kappa shape index (κ1) is 17.5. The normalized spacial score (nSPS) is 11.0. The van der Waals surface area contributed by atoms with Gasteiger partial charge < -0.3 is 15.0 Å². The summed E-state index contributed by atoms with van der Waals surface area (Å²) < 4.78 is 2.68. The highest BCUT2D eigenvalue weighted by Gasteiger charge is 2.14. The number of phenols is 1. The van der Waals surface area contributed by atoms with Gasteiger partial charge in [-0.25, -0.2) is 4.98 Å². The maximum atomic E-state index is 12.3. The van der Waals surface area contributed by atoms with E-state index < -0.39 is 0 Å². The Labute approximate surface area is 154 Å². The molecule has 130 valence electrons. The van der Waals surface area contributed by atoms with Gasteiger partial charge in [0.25, 0.3) is 5.91 Å². The summed E-state index contributed by atoms with van der Waals surface area (Å²) in [5, 5.41) is 12.9. The zero-order valence-corrected chi connectivity index (χ0v) is 15.8. The SMILES string of the molecule is Cc1cc(Br)c(O)c(C(=O)NCCCn2c(C)nc3ccccc32)c1. The van der Waals surface area contributed by atoms with Crippen molar-refractivity contribution in [2.75, 3.05) is 6.54 Å². The zero-order valence-electron chi connectivity index (χ0n) is 14.2. The molecule has 0 atom stereocenters. The van der Waals surface area contributed by atoms with E-state index in [2.05, 4.69) is 36.9 Å². The number of amides is 1. The van der Waals surface area contributed by atoms with Gasteiger partial charge in [-0.05, 0) is 66.0 Å². The molecule has 3 aromatic rings. The van der Waals surface area contributed by atoms with Gasteiger partial charge in [0.15, 0.2) is 0 Å². The average molecular weight is 402 g/mol. The summed E-state index contributed by atoms with van der Waals surface area (Å²) in [6, 6.07) is 11.5. The Kier molecular flexibility index (Phi) is 5.08. The fourth-order valence-electron chi connectivity index (χ4n) is 2.92. The van der Waals surface area contributed by atoms with Gasteiger partial charge in [0, 0.05) is 13.1 Å². The average Bonchev–Trinajstić information content (AvgIpc) is 2.90. The molecule has 5 nitrogen and oxygen atoms in total. The molecule has 6 heteroatoms. The number of rotatable bonds is 5. The van der Waals surface area contributed by atoms with Crippen LogP contribution in [-0.4, -0.2) is 27.1 Å². The Morgan fingerprint density at radius 1 is 1.28 bits per heavy atom. The number of phenolic OH excluding ortho intramolecular Hbond substituents is 1. The maximum Gasteiger partial charge on any atom is 0.255 e. The first-order valence-electron chi connectivity index (χ1n) is 8.16. The lowest BCUT2D eigenvalue weighted by Crippen LogP contribution is -2.25. The van der Waals surface area contributed by atoms with E-state index in [0.717, 1.165) is 35.4 Å².